The van der Waals surface area contributed by atoms with E-state index in [9.17, 15) is 14.4 Å². The average molecular weight is 343 g/mol. The molecule has 0 aliphatic heterocycles. The Balaban J connectivity index is 1.61. The molecule has 0 radical (unpaired) electrons. The third-order valence-electron chi connectivity index (χ3n) is 4.65. The predicted octanol–water partition coefficient (Wildman–Crippen LogP) is 2.64. The molecule has 0 bridgehead atoms. The van der Waals surface area contributed by atoms with Gasteiger partial charge in [0, 0.05) is 11.4 Å². The molecule has 1 saturated carbocycles. The molecule has 1 aromatic heterocycles. The lowest BCUT2D eigenvalue weighted by Gasteiger charge is -2.29. The molecule has 2 atom stereocenters. The predicted molar refractivity (Wildman–Crippen MR) is 92.3 cm³/mol. The fourth-order valence-corrected chi connectivity index (χ4v) is 3.19. The Hall–Kier alpha value is -2.63. The second kappa shape index (κ2) is 7.51. The molecule has 1 aromatic carbocycles. The van der Waals surface area contributed by atoms with Gasteiger partial charge in [0.05, 0.1) is 0 Å². The summed E-state index contributed by atoms with van der Waals surface area (Å²) in [6.45, 7) is 1.70. The number of benzene rings is 1. The normalized spacial score (nSPS) is 20.2. The quantitative estimate of drug-likeness (QED) is 0.681. The van der Waals surface area contributed by atoms with Crippen LogP contribution in [0.2, 0.25) is 0 Å². The standard InChI is InChI=1S/C19H21NO5/c1-12-6-2-4-8-15(12)20-17(21)11-24-18(22)14-10-13-7-3-5-9-16(13)25-19(14)23/h3,5,7,9-10,12,15H,2,4,6,8,11H2,1H3,(H,20,21)/t12-,15-/m0/s1. The van der Waals surface area contributed by atoms with Gasteiger partial charge in [0.1, 0.15) is 11.1 Å². The zero-order valence-electron chi connectivity index (χ0n) is 14.1. The topological polar surface area (TPSA) is 85.6 Å². The zero-order chi connectivity index (χ0) is 17.8. The fourth-order valence-electron chi connectivity index (χ4n) is 3.19. The minimum atomic E-state index is -0.855. The molecule has 132 valence electrons. The highest BCUT2D eigenvalue weighted by Crippen LogP contribution is 2.23. The van der Waals surface area contributed by atoms with E-state index in [-0.39, 0.29) is 17.5 Å². The van der Waals surface area contributed by atoms with Crippen LogP contribution in [0.1, 0.15) is 43.0 Å². The molecule has 25 heavy (non-hydrogen) atoms. The summed E-state index contributed by atoms with van der Waals surface area (Å²) in [5.41, 5.74) is -0.587. The van der Waals surface area contributed by atoms with Crippen LogP contribution >= 0.6 is 0 Å². The van der Waals surface area contributed by atoms with Gasteiger partial charge in [0.15, 0.2) is 6.61 Å². The van der Waals surface area contributed by atoms with E-state index < -0.39 is 18.2 Å². The van der Waals surface area contributed by atoms with E-state index in [0.717, 1.165) is 19.3 Å². The molecule has 1 fully saturated rings. The van der Waals surface area contributed by atoms with Crippen molar-refractivity contribution < 1.29 is 18.7 Å². The van der Waals surface area contributed by atoms with Crippen molar-refractivity contribution in [1.29, 1.82) is 0 Å². The van der Waals surface area contributed by atoms with E-state index in [1.165, 1.54) is 12.5 Å². The van der Waals surface area contributed by atoms with E-state index >= 15 is 0 Å². The molecule has 6 heteroatoms. The third kappa shape index (κ3) is 4.07. The molecule has 1 aliphatic carbocycles. The summed E-state index contributed by atoms with van der Waals surface area (Å²) in [6.07, 6.45) is 4.30. The van der Waals surface area contributed by atoms with Gasteiger partial charge in [-0.2, -0.15) is 0 Å². The van der Waals surface area contributed by atoms with Crippen molar-refractivity contribution in [3.8, 4) is 0 Å². The van der Waals surface area contributed by atoms with Gasteiger partial charge < -0.3 is 14.5 Å². The van der Waals surface area contributed by atoms with Crippen LogP contribution in [0, 0.1) is 5.92 Å². The second-order valence-corrected chi connectivity index (χ2v) is 6.50. The Kier molecular flexibility index (Phi) is 5.16. The Bertz CT molecular complexity index is 841. The number of esters is 1. The van der Waals surface area contributed by atoms with Gasteiger partial charge in [-0.1, -0.05) is 38.0 Å². The highest BCUT2D eigenvalue weighted by atomic mass is 16.5. The molecule has 1 N–H and O–H groups in total. The van der Waals surface area contributed by atoms with Crippen LogP contribution in [0.4, 0.5) is 0 Å². The molecule has 1 aliphatic rings. The summed E-state index contributed by atoms with van der Waals surface area (Å²) in [6, 6.07) is 8.42. The summed E-state index contributed by atoms with van der Waals surface area (Å²) in [7, 11) is 0. The highest BCUT2D eigenvalue weighted by Gasteiger charge is 2.23. The zero-order valence-corrected chi connectivity index (χ0v) is 14.1. The molecule has 1 heterocycles. The van der Waals surface area contributed by atoms with Crippen molar-refractivity contribution >= 4 is 22.8 Å². The minimum absolute atomic E-state index is 0.116. The summed E-state index contributed by atoms with van der Waals surface area (Å²) in [5, 5.41) is 3.52. The molecular weight excluding hydrogens is 322 g/mol. The van der Waals surface area contributed by atoms with Gasteiger partial charge >= 0.3 is 11.6 Å². The molecule has 0 saturated heterocycles. The van der Waals surface area contributed by atoms with E-state index in [2.05, 4.69) is 12.2 Å². The van der Waals surface area contributed by atoms with Crippen LogP contribution in [0.3, 0.4) is 0 Å². The Morgan fingerprint density at radius 3 is 2.80 bits per heavy atom. The van der Waals surface area contributed by atoms with E-state index in [4.69, 9.17) is 9.15 Å². The lowest BCUT2D eigenvalue weighted by Crippen LogP contribution is -2.43. The lowest BCUT2D eigenvalue weighted by atomic mass is 9.86. The van der Waals surface area contributed by atoms with Gasteiger partial charge in [0.2, 0.25) is 0 Å². The van der Waals surface area contributed by atoms with Crippen LogP contribution in [0.25, 0.3) is 11.0 Å². The van der Waals surface area contributed by atoms with Gasteiger partial charge in [-0.3, -0.25) is 4.79 Å². The second-order valence-electron chi connectivity index (χ2n) is 6.50. The lowest BCUT2D eigenvalue weighted by molar-refractivity contribution is -0.125. The van der Waals surface area contributed by atoms with Gasteiger partial charge in [-0.05, 0) is 30.9 Å². The van der Waals surface area contributed by atoms with E-state index in [1.54, 1.807) is 24.3 Å². The van der Waals surface area contributed by atoms with Crippen LogP contribution < -0.4 is 10.9 Å². The highest BCUT2D eigenvalue weighted by molar-refractivity contribution is 5.94. The van der Waals surface area contributed by atoms with Gasteiger partial charge in [-0.15, -0.1) is 0 Å². The van der Waals surface area contributed by atoms with E-state index in [1.807, 2.05) is 0 Å². The van der Waals surface area contributed by atoms with Crippen LogP contribution in [0.5, 0.6) is 0 Å². The number of amides is 1. The van der Waals surface area contributed by atoms with Crippen LogP contribution in [-0.2, 0) is 9.53 Å². The summed E-state index contributed by atoms with van der Waals surface area (Å²) in [5.74, 6) is -0.787. The van der Waals surface area contributed by atoms with Gasteiger partial charge in [-0.25, -0.2) is 9.59 Å². The first-order chi connectivity index (χ1) is 12.0. The summed E-state index contributed by atoms with van der Waals surface area (Å²) < 4.78 is 10.1. The van der Waals surface area contributed by atoms with Crippen LogP contribution in [0.15, 0.2) is 39.5 Å². The number of carbonyl (C=O) groups is 2. The largest absolute Gasteiger partial charge is 0.452 e. The minimum Gasteiger partial charge on any atom is -0.452 e. The van der Waals surface area contributed by atoms with Crippen molar-refractivity contribution in [3.05, 3.63) is 46.3 Å². The number of hydrogen-bond donors (Lipinski definition) is 1. The van der Waals surface area contributed by atoms with E-state index in [0.29, 0.717) is 16.9 Å². The number of ether oxygens (including phenoxy) is 1. The first-order valence-corrected chi connectivity index (χ1v) is 8.54. The molecule has 0 unspecified atom stereocenters. The number of fused-ring (bicyclic) bond motifs is 1. The summed E-state index contributed by atoms with van der Waals surface area (Å²) in [4.78, 5) is 36.0. The number of hydrogen-bond acceptors (Lipinski definition) is 5. The number of carbonyl (C=O) groups excluding carboxylic acids is 2. The first kappa shape index (κ1) is 17.2. The molecule has 3 rings (SSSR count). The van der Waals surface area contributed by atoms with Crippen molar-refractivity contribution in [1.82, 2.24) is 5.32 Å². The van der Waals surface area contributed by atoms with Crippen LogP contribution in [-0.4, -0.2) is 24.5 Å². The van der Waals surface area contributed by atoms with Crippen molar-refractivity contribution in [2.24, 2.45) is 5.92 Å². The number of nitrogens with one attached hydrogen (secondary N) is 1. The maximum atomic E-state index is 12.1. The Morgan fingerprint density at radius 2 is 2.00 bits per heavy atom. The number of para-hydroxylation sites is 1. The Labute approximate surface area is 145 Å². The molecular formula is C19H21NO5. The molecule has 2 aromatic rings. The first-order valence-electron chi connectivity index (χ1n) is 8.54. The smallest absolute Gasteiger partial charge is 0.351 e. The number of rotatable bonds is 4. The monoisotopic (exact) mass is 343 g/mol. The molecule has 0 spiro atoms. The Morgan fingerprint density at radius 1 is 1.24 bits per heavy atom. The average Bonchev–Trinajstić information content (AvgIpc) is 2.61. The van der Waals surface area contributed by atoms with Gasteiger partial charge in [0.25, 0.3) is 5.91 Å². The van der Waals surface area contributed by atoms with Crippen molar-refractivity contribution in [3.63, 3.8) is 0 Å². The molecule has 1 amide bonds. The maximum absolute atomic E-state index is 12.1. The SMILES string of the molecule is C[C@H]1CCCC[C@@H]1NC(=O)COC(=O)c1cc2ccccc2oc1=O. The maximum Gasteiger partial charge on any atom is 0.351 e. The third-order valence-corrected chi connectivity index (χ3v) is 4.65. The van der Waals surface area contributed by atoms with Crippen molar-refractivity contribution in [2.45, 2.75) is 38.6 Å². The molecule has 6 nitrogen and oxygen atoms in total. The summed E-state index contributed by atoms with van der Waals surface area (Å²) >= 11 is 0. The van der Waals surface area contributed by atoms with Crippen molar-refractivity contribution in [2.75, 3.05) is 6.61 Å². The fraction of sp³-hybridized carbons (Fsp3) is 0.421.